The zero-order valence-electron chi connectivity index (χ0n) is 11.1. The first-order valence-electron chi connectivity index (χ1n) is 6.36. The van der Waals surface area contributed by atoms with Crippen LogP contribution in [0, 0.1) is 0 Å². The number of imidazole rings is 1. The van der Waals surface area contributed by atoms with Gasteiger partial charge in [0.1, 0.15) is 5.75 Å². The molecule has 21 heavy (non-hydrogen) atoms. The number of nitrogens with zero attached hydrogens (tertiary/aromatic N) is 2. The third-order valence-corrected chi connectivity index (χ3v) is 4.04. The molecule has 0 aliphatic rings. The molecule has 3 nitrogen and oxygen atoms in total. The molecule has 0 radical (unpaired) electrons. The Bertz CT molecular complexity index is 797. The summed E-state index contributed by atoms with van der Waals surface area (Å²) in [7, 11) is 0. The zero-order valence-corrected chi connectivity index (χ0v) is 13.4. The lowest BCUT2D eigenvalue weighted by atomic mass is 10.2. The molecule has 0 N–H and O–H groups in total. The van der Waals surface area contributed by atoms with E-state index in [4.69, 9.17) is 39.5 Å². The van der Waals surface area contributed by atoms with Gasteiger partial charge < -0.3 is 4.74 Å². The smallest absolute Gasteiger partial charge is 0.208 e. The van der Waals surface area contributed by atoms with E-state index in [1.807, 2.05) is 35.8 Å². The molecule has 3 rings (SSSR count). The standard InChI is InChI=1S/C15H11Cl3N2O/c1-2-21-10-5-3-9(4-6-10)20-14-8-12(17)11(16)7-13(14)19-15(20)18/h3-8H,2H2,1H3. The van der Waals surface area contributed by atoms with Gasteiger partial charge in [-0.1, -0.05) is 23.2 Å². The van der Waals surface area contributed by atoms with Gasteiger partial charge in [-0.05, 0) is 54.9 Å². The van der Waals surface area contributed by atoms with Crippen LogP contribution in [0.2, 0.25) is 15.3 Å². The van der Waals surface area contributed by atoms with Crippen LogP contribution in [0.4, 0.5) is 0 Å². The molecular weight excluding hydrogens is 331 g/mol. The quantitative estimate of drug-likeness (QED) is 0.639. The average Bonchev–Trinajstić information content (AvgIpc) is 2.76. The molecule has 2 aromatic carbocycles. The lowest BCUT2D eigenvalue weighted by Crippen LogP contribution is -1.95. The molecule has 0 aliphatic carbocycles. The van der Waals surface area contributed by atoms with Crippen molar-refractivity contribution in [1.82, 2.24) is 9.55 Å². The summed E-state index contributed by atoms with van der Waals surface area (Å²) in [6.07, 6.45) is 0. The van der Waals surface area contributed by atoms with Crippen molar-refractivity contribution in [2.75, 3.05) is 6.61 Å². The second kappa shape index (κ2) is 5.76. The summed E-state index contributed by atoms with van der Waals surface area (Å²) < 4.78 is 7.25. The fourth-order valence-electron chi connectivity index (χ4n) is 2.15. The van der Waals surface area contributed by atoms with Gasteiger partial charge in [0.05, 0.1) is 27.7 Å². The Kier molecular flexibility index (Phi) is 3.98. The summed E-state index contributed by atoms with van der Waals surface area (Å²) in [6, 6.07) is 11.1. The van der Waals surface area contributed by atoms with Gasteiger partial charge in [-0.3, -0.25) is 4.57 Å². The molecule has 0 spiro atoms. The van der Waals surface area contributed by atoms with Crippen molar-refractivity contribution < 1.29 is 4.74 Å². The second-order valence-corrected chi connectivity index (χ2v) is 5.55. The van der Waals surface area contributed by atoms with Gasteiger partial charge in [0.25, 0.3) is 0 Å². The van der Waals surface area contributed by atoms with Crippen LogP contribution in [0.15, 0.2) is 36.4 Å². The van der Waals surface area contributed by atoms with Crippen LogP contribution in [0.25, 0.3) is 16.7 Å². The number of ether oxygens (including phenoxy) is 1. The highest BCUT2D eigenvalue weighted by Crippen LogP contribution is 2.32. The van der Waals surface area contributed by atoms with Gasteiger partial charge in [0.2, 0.25) is 5.28 Å². The summed E-state index contributed by atoms with van der Waals surface area (Å²) in [5.41, 5.74) is 2.38. The monoisotopic (exact) mass is 340 g/mol. The van der Waals surface area contributed by atoms with Crippen LogP contribution in [-0.4, -0.2) is 16.2 Å². The number of halogens is 3. The summed E-state index contributed by atoms with van der Waals surface area (Å²) in [4.78, 5) is 4.30. The van der Waals surface area contributed by atoms with Gasteiger partial charge in [-0.25, -0.2) is 4.98 Å². The summed E-state index contributed by atoms with van der Waals surface area (Å²) in [5.74, 6) is 0.808. The molecule has 0 bridgehead atoms. The first-order valence-corrected chi connectivity index (χ1v) is 7.49. The van der Waals surface area contributed by atoms with Crippen LogP contribution in [-0.2, 0) is 0 Å². The van der Waals surface area contributed by atoms with Gasteiger partial charge in [-0.15, -0.1) is 0 Å². The molecular formula is C15H11Cl3N2O. The predicted octanol–water partition coefficient (Wildman–Crippen LogP) is 5.38. The Balaban J connectivity index is 2.15. The molecule has 6 heteroatoms. The fraction of sp³-hybridized carbons (Fsp3) is 0.133. The maximum Gasteiger partial charge on any atom is 0.208 e. The van der Waals surface area contributed by atoms with Crippen LogP contribution >= 0.6 is 34.8 Å². The number of aromatic nitrogens is 2. The molecule has 0 unspecified atom stereocenters. The van der Waals surface area contributed by atoms with E-state index >= 15 is 0 Å². The average molecular weight is 342 g/mol. The van der Waals surface area contributed by atoms with Crippen molar-refractivity contribution in [3.63, 3.8) is 0 Å². The molecule has 0 amide bonds. The molecule has 0 aliphatic heterocycles. The second-order valence-electron chi connectivity index (χ2n) is 4.40. The first kappa shape index (κ1) is 14.5. The molecule has 3 aromatic rings. The van der Waals surface area contributed by atoms with Crippen LogP contribution in [0.3, 0.4) is 0 Å². The Labute approximate surface area is 137 Å². The van der Waals surface area contributed by atoms with E-state index in [0.717, 1.165) is 17.0 Å². The lowest BCUT2D eigenvalue weighted by molar-refractivity contribution is 0.340. The SMILES string of the molecule is CCOc1ccc(-n2c(Cl)nc3cc(Cl)c(Cl)cc32)cc1. The molecule has 0 fully saturated rings. The van der Waals surface area contributed by atoms with Gasteiger partial charge in [-0.2, -0.15) is 0 Å². The van der Waals surface area contributed by atoms with Crippen molar-refractivity contribution in [3.05, 3.63) is 51.7 Å². The van der Waals surface area contributed by atoms with Crippen molar-refractivity contribution in [2.45, 2.75) is 6.92 Å². The van der Waals surface area contributed by atoms with E-state index < -0.39 is 0 Å². The highest BCUT2D eigenvalue weighted by atomic mass is 35.5. The molecule has 0 atom stereocenters. The van der Waals surface area contributed by atoms with E-state index in [0.29, 0.717) is 27.5 Å². The maximum absolute atomic E-state index is 6.24. The number of hydrogen-bond donors (Lipinski definition) is 0. The van der Waals surface area contributed by atoms with E-state index in [2.05, 4.69) is 4.98 Å². The van der Waals surface area contributed by atoms with Gasteiger partial charge >= 0.3 is 0 Å². The maximum atomic E-state index is 6.24. The normalized spacial score (nSPS) is 11.0. The molecule has 108 valence electrons. The van der Waals surface area contributed by atoms with E-state index in [-0.39, 0.29) is 0 Å². The van der Waals surface area contributed by atoms with Crippen molar-refractivity contribution >= 4 is 45.8 Å². The minimum Gasteiger partial charge on any atom is -0.494 e. The zero-order chi connectivity index (χ0) is 15.0. The number of rotatable bonds is 3. The van der Waals surface area contributed by atoms with Crippen molar-refractivity contribution in [2.24, 2.45) is 0 Å². The third-order valence-electron chi connectivity index (χ3n) is 3.06. The van der Waals surface area contributed by atoms with Gasteiger partial charge in [0.15, 0.2) is 0 Å². The molecule has 0 saturated heterocycles. The van der Waals surface area contributed by atoms with E-state index in [1.165, 1.54) is 0 Å². The Hall–Kier alpha value is -1.42. The third kappa shape index (κ3) is 2.69. The summed E-state index contributed by atoms with van der Waals surface area (Å²) in [5, 5.41) is 1.28. The summed E-state index contributed by atoms with van der Waals surface area (Å²) >= 11 is 18.3. The Morgan fingerprint density at radius 3 is 2.38 bits per heavy atom. The van der Waals surface area contributed by atoms with E-state index in [9.17, 15) is 0 Å². The number of hydrogen-bond acceptors (Lipinski definition) is 2. The highest BCUT2D eigenvalue weighted by molar-refractivity contribution is 6.42. The highest BCUT2D eigenvalue weighted by Gasteiger charge is 2.13. The van der Waals surface area contributed by atoms with E-state index in [1.54, 1.807) is 12.1 Å². The number of benzene rings is 2. The lowest BCUT2D eigenvalue weighted by Gasteiger charge is -2.08. The molecule has 1 aromatic heterocycles. The largest absolute Gasteiger partial charge is 0.494 e. The van der Waals surface area contributed by atoms with Crippen LogP contribution in [0.5, 0.6) is 5.75 Å². The predicted molar refractivity (Wildman–Crippen MR) is 87.3 cm³/mol. The topological polar surface area (TPSA) is 27.1 Å². The fourth-order valence-corrected chi connectivity index (χ4v) is 2.74. The van der Waals surface area contributed by atoms with Crippen molar-refractivity contribution in [1.29, 1.82) is 0 Å². The van der Waals surface area contributed by atoms with Crippen molar-refractivity contribution in [3.8, 4) is 11.4 Å². The minimum absolute atomic E-state index is 0.354. The van der Waals surface area contributed by atoms with Crippen LogP contribution in [0.1, 0.15) is 6.92 Å². The van der Waals surface area contributed by atoms with Gasteiger partial charge in [0, 0.05) is 5.69 Å². The minimum atomic E-state index is 0.354. The Morgan fingerprint density at radius 1 is 1.05 bits per heavy atom. The first-order chi connectivity index (χ1) is 10.1. The van der Waals surface area contributed by atoms with Crippen LogP contribution < -0.4 is 4.74 Å². The Morgan fingerprint density at radius 2 is 1.71 bits per heavy atom. The molecule has 0 saturated carbocycles. The molecule has 1 heterocycles. The number of fused-ring (bicyclic) bond motifs is 1. The summed E-state index contributed by atoms with van der Waals surface area (Å²) in [6.45, 7) is 2.57.